The Bertz CT molecular complexity index is 520. The van der Waals surface area contributed by atoms with Gasteiger partial charge in [-0.2, -0.15) is 0 Å². The summed E-state index contributed by atoms with van der Waals surface area (Å²) < 4.78 is 0. The summed E-state index contributed by atoms with van der Waals surface area (Å²) in [6.45, 7) is 8.66. The van der Waals surface area contributed by atoms with Gasteiger partial charge in [0, 0.05) is 18.8 Å². The lowest BCUT2D eigenvalue weighted by molar-refractivity contribution is 0.0697. The van der Waals surface area contributed by atoms with Crippen LogP contribution < -0.4 is 10.6 Å². The molecule has 1 atom stereocenters. The molecule has 1 aliphatic heterocycles. The Balaban J connectivity index is 2.23. The van der Waals surface area contributed by atoms with Gasteiger partial charge in [0.25, 0.3) is 0 Å². The molecule has 1 saturated heterocycles. The molecule has 0 bridgehead atoms. The monoisotopic (exact) mass is 290 g/mol. The first kappa shape index (κ1) is 15.7. The molecule has 1 aliphatic rings. The molecule has 21 heavy (non-hydrogen) atoms. The second-order valence-electron chi connectivity index (χ2n) is 7.06. The van der Waals surface area contributed by atoms with Crippen LogP contribution in [0.2, 0.25) is 0 Å². The molecule has 1 aromatic carbocycles. The highest BCUT2D eigenvalue weighted by Crippen LogP contribution is 2.36. The van der Waals surface area contributed by atoms with Crippen molar-refractivity contribution in [2.45, 2.75) is 40.0 Å². The zero-order valence-electron chi connectivity index (χ0n) is 13.2. The molecule has 1 unspecified atom stereocenters. The van der Waals surface area contributed by atoms with Crippen LogP contribution in [0.25, 0.3) is 0 Å². The summed E-state index contributed by atoms with van der Waals surface area (Å²) >= 11 is 0. The van der Waals surface area contributed by atoms with E-state index in [9.17, 15) is 9.90 Å². The minimum atomic E-state index is -0.887. The molecule has 1 heterocycles. The van der Waals surface area contributed by atoms with E-state index >= 15 is 0 Å². The summed E-state index contributed by atoms with van der Waals surface area (Å²) in [5, 5.41) is 9.37. The van der Waals surface area contributed by atoms with Crippen LogP contribution in [0.4, 0.5) is 11.4 Å². The highest BCUT2D eigenvalue weighted by Gasteiger charge is 2.28. The van der Waals surface area contributed by atoms with Crippen LogP contribution in [-0.4, -0.2) is 24.2 Å². The van der Waals surface area contributed by atoms with Crippen molar-refractivity contribution in [3.63, 3.8) is 0 Å². The van der Waals surface area contributed by atoms with Crippen LogP contribution in [0, 0.1) is 11.3 Å². The molecule has 3 N–H and O–H groups in total. The Kier molecular flexibility index (Phi) is 4.45. The number of carboxylic acids is 1. The number of hydrogen-bond acceptors (Lipinski definition) is 3. The maximum atomic E-state index is 11.4. The zero-order valence-corrected chi connectivity index (χ0v) is 13.2. The Hall–Kier alpha value is -1.71. The lowest BCUT2D eigenvalue weighted by Crippen LogP contribution is -2.27. The average molecular weight is 290 g/mol. The second-order valence-corrected chi connectivity index (χ2v) is 7.06. The normalized spacial score (nSPS) is 20.1. The molecule has 116 valence electrons. The van der Waals surface area contributed by atoms with Crippen molar-refractivity contribution >= 4 is 17.3 Å². The molecular weight excluding hydrogens is 264 g/mol. The third kappa shape index (κ3) is 3.69. The molecular formula is C17H26N2O2. The van der Waals surface area contributed by atoms with Crippen molar-refractivity contribution < 1.29 is 9.90 Å². The van der Waals surface area contributed by atoms with Crippen molar-refractivity contribution in [1.29, 1.82) is 0 Å². The molecule has 1 fully saturated rings. The number of nitrogens with two attached hydrogens (primary N) is 1. The molecule has 0 radical (unpaired) electrons. The van der Waals surface area contributed by atoms with Gasteiger partial charge < -0.3 is 15.7 Å². The highest BCUT2D eigenvalue weighted by atomic mass is 16.4. The maximum Gasteiger partial charge on any atom is 0.337 e. The number of aromatic carboxylic acids is 1. The summed E-state index contributed by atoms with van der Waals surface area (Å²) in [7, 11) is 0. The fourth-order valence-electron chi connectivity index (χ4n) is 3.19. The van der Waals surface area contributed by atoms with Crippen LogP contribution in [-0.2, 0) is 0 Å². The van der Waals surface area contributed by atoms with Gasteiger partial charge in [0.15, 0.2) is 0 Å². The summed E-state index contributed by atoms with van der Waals surface area (Å²) in [6, 6.07) is 5.06. The molecule has 2 rings (SSSR count). The number of carboxylic acid groups (broad SMARTS) is 1. The van der Waals surface area contributed by atoms with E-state index in [0.717, 1.165) is 31.6 Å². The quantitative estimate of drug-likeness (QED) is 0.816. The Morgan fingerprint density at radius 2 is 2.00 bits per heavy atom. The van der Waals surface area contributed by atoms with E-state index in [4.69, 9.17) is 5.73 Å². The number of hydrogen-bond donors (Lipinski definition) is 2. The maximum absolute atomic E-state index is 11.4. The van der Waals surface area contributed by atoms with Gasteiger partial charge >= 0.3 is 5.97 Å². The van der Waals surface area contributed by atoms with Gasteiger partial charge in [-0.25, -0.2) is 4.79 Å². The lowest BCUT2D eigenvalue weighted by Gasteiger charge is -2.30. The number of benzene rings is 1. The number of anilines is 2. The first-order chi connectivity index (χ1) is 9.79. The molecule has 1 aromatic rings. The van der Waals surface area contributed by atoms with E-state index in [-0.39, 0.29) is 0 Å². The summed E-state index contributed by atoms with van der Waals surface area (Å²) in [5.74, 6) is -0.210. The first-order valence-electron chi connectivity index (χ1n) is 7.67. The molecule has 0 spiro atoms. The van der Waals surface area contributed by atoms with Gasteiger partial charge in [-0.05, 0) is 48.8 Å². The van der Waals surface area contributed by atoms with Gasteiger partial charge in [0.2, 0.25) is 0 Å². The molecule has 4 nitrogen and oxygen atoms in total. The van der Waals surface area contributed by atoms with Crippen LogP contribution in [0.5, 0.6) is 0 Å². The Morgan fingerprint density at radius 1 is 1.29 bits per heavy atom. The predicted octanol–water partition coefficient (Wildman–Crippen LogP) is 3.62. The summed E-state index contributed by atoms with van der Waals surface area (Å²) in [4.78, 5) is 13.6. The lowest BCUT2D eigenvalue weighted by atomic mass is 9.77. The second kappa shape index (κ2) is 5.96. The van der Waals surface area contributed by atoms with Gasteiger partial charge in [-0.15, -0.1) is 0 Å². The van der Waals surface area contributed by atoms with Crippen molar-refractivity contribution in [3.8, 4) is 0 Å². The van der Waals surface area contributed by atoms with Gasteiger partial charge in [0.05, 0.1) is 11.3 Å². The van der Waals surface area contributed by atoms with Gasteiger partial charge in [-0.1, -0.05) is 20.8 Å². The van der Waals surface area contributed by atoms with E-state index in [1.54, 1.807) is 18.2 Å². The van der Waals surface area contributed by atoms with E-state index in [1.165, 1.54) is 6.42 Å². The van der Waals surface area contributed by atoms with E-state index in [1.807, 2.05) is 0 Å². The van der Waals surface area contributed by atoms with E-state index < -0.39 is 5.97 Å². The highest BCUT2D eigenvalue weighted by molar-refractivity contribution is 5.95. The predicted molar refractivity (Wildman–Crippen MR) is 86.8 cm³/mol. The number of carbonyl (C=O) groups is 1. The summed E-state index contributed by atoms with van der Waals surface area (Å²) in [5.41, 5.74) is 7.88. The van der Waals surface area contributed by atoms with Gasteiger partial charge in [-0.3, -0.25) is 0 Å². The van der Waals surface area contributed by atoms with Crippen molar-refractivity contribution in [1.82, 2.24) is 0 Å². The average Bonchev–Trinajstić information content (AvgIpc) is 2.63. The third-order valence-electron chi connectivity index (χ3n) is 4.55. The Morgan fingerprint density at radius 3 is 2.62 bits per heavy atom. The largest absolute Gasteiger partial charge is 0.478 e. The molecule has 4 heteroatoms. The topological polar surface area (TPSA) is 66.6 Å². The SMILES string of the molecule is CC(C)(C)C1CCCN(c2cc(N)ccc2C(=O)O)CC1. The third-order valence-corrected chi connectivity index (χ3v) is 4.55. The van der Waals surface area contributed by atoms with E-state index in [2.05, 4.69) is 25.7 Å². The molecule has 0 aliphatic carbocycles. The Labute approximate surface area is 126 Å². The minimum absolute atomic E-state index is 0.307. The van der Waals surface area contributed by atoms with Crippen molar-refractivity contribution in [2.24, 2.45) is 11.3 Å². The first-order valence-corrected chi connectivity index (χ1v) is 7.67. The van der Waals surface area contributed by atoms with Crippen LogP contribution in [0.1, 0.15) is 50.4 Å². The fraction of sp³-hybridized carbons (Fsp3) is 0.588. The summed E-state index contributed by atoms with van der Waals surface area (Å²) in [6.07, 6.45) is 3.39. The zero-order chi connectivity index (χ0) is 15.6. The standard InChI is InChI=1S/C17H26N2O2/c1-17(2,3)12-5-4-9-19(10-8-12)15-11-13(18)6-7-14(15)16(20)21/h6-7,11-12H,4-5,8-10,18H2,1-3H3,(H,20,21). The number of nitrogens with zero attached hydrogens (tertiary/aromatic N) is 1. The van der Waals surface area contributed by atoms with Gasteiger partial charge in [0.1, 0.15) is 0 Å². The number of nitrogen functional groups attached to an aromatic ring is 1. The fourth-order valence-corrected chi connectivity index (χ4v) is 3.19. The van der Waals surface area contributed by atoms with E-state index in [0.29, 0.717) is 22.6 Å². The number of rotatable bonds is 2. The van der Waals surface area contributed by atoms with Crippen LogP contribution in [0.3, 0.4) is 0 Å². The molecule has 0 aromatic heterocycles. The van der Waals surface area contributed by atoms with Crippen LogP contribution >= 0.6 is 0 Å². The minimum Gasteiger partial charge on any atom is -0.478 e. The smallest absolute Gasteiger partial charge is 0.337 e. The van der Waals surface area contributed by atoms with Crippen molar-refractivity contribution in [3.05, 3.63) is 23.8 Å². The molecule has 0 amide bonds. The van der Waals surface area contributed by atoms with Crippen LogP contribution in [0.15, 0.2) is 18.2 Å². The van der Waals surface area contributed by atoms with Crippen molar-refractivity contribution in [2.75, 3.05) is 23.7 Å². The molecule has 0 saturated carbocycles.